The fraction of sp³-hybridized carbons (Fsp3) is 0.167. The van der Waals surface area contributed by atoms with Crippen molar-refractivity contribution in [2.45, 2.75) is 13.5 Å². The minimum atomic E-state index is -1.03. The number of hydrogen-bond acceptors (Lipinski definition) is 4. The first-order valence-electron chi connectivity index (χ1n) is 5.12. The van der Waals surface area contributed by atoms with Gasteiger partial charge in [-0.05, 0) is 13.0 Å². The van der Waals surface area contributed by atoms with Gasteiger partial charge in [-0.2, -0.15) is 0 Å². The van der Waals surface area contributed by atoms with E-state index in [2.05, 4.69) is 4.98 Å². The van der Waals surface area contributed by atoms with Gasteiger partial charge in [0.15, 0.2) is 5.69 Å². The summed E-state index contributed by atoms with van der Waals surface area (Å²) in [6.07, 6.45) is 0. The van der Waals surface area contributed by atoms with Gasteiger partial charge in [0.05, 0.1) is 4.88 Å². The number of benzene rings is 1. The summed E-state index contributed by atoms with van der Waals surface area (Å²) in [4.78, 5) is 15.7. The maximum Gasteiger partial charge on any atom is 0.355 e. The van der Waals surface area contributed by atoms with E-state index in [-0.39, 0.29) is 12.2 Å². The van der Waals surface area contributed by atoms with Crippen LogP contribution in [0, 0.1) is 6.92 Å². The number of thiazole rings is 1. The average Bonchev–Trinajstić information content (AvgIpc) is 2.73. The number of hydrogen-bond donors (Lipinski definition) is 2. The standard InChI is InChI=1S/C12H12N2O2S/c1-7-3-2-4-8(5-7)11-14-10(12(15)16)9(6-13)17-11/h2-5H,6,13H2,1H3,(H,15,16). The molecule has 0 aliphatic carbocycles. The zero-order valence-corrected chi connectivity index (χ0v) is 10.1. The SMILES string of the molecule is Cc1cccc(-c2nc(C(=O)O)c(CN)s2)c1. The van der Waals surface area contributed by atoms with Crippen LogP contribution in [0.25, 0.3) is 10.6 Å². The number of nitrogens with zero attached hydrogens (tertiary/aromatic N) is 1. The molecule has 17 heavy (non-hydrogen) atoms. The van der Waals surface area contributed by atoms with E-state index in [1.54, 1.807) is 0 Å². The van der Waals surface area contributed by atoms with Crippen molar-refractivity contribution in [3.63, 3.8) is 0 Å². The van der Waals surface area contributed by atoms with Crippen LogP contribution in [-0.4, -0.2) is 16.1 Å². The Morgan fingerprint density at radius 2 is 2.29 bits per heavy atom. The number of nitrogens with two attached hydrogens (primary N) is 1. The number of rotatable bonds is 3. The lowest BCUT2D eigenvalue weighted by molar-refractivity contribution is 0.0690. The van der Waals surface area contributed by atoms with Crippen molar-refractivity contribution in [1.82, 2.24) is 4.98 Å². The van der Waals surface area contributed by atoms with Crippen LogP contribution in [0.2, 0.25) is 0 Å². The molecule has 1 heterocycles. The van der Waals surface area contributed by atoms with Crippen LogP contribution < -0.4 is 5.73 Å². The quantitative estimate of drug-likeness (QED) is 0.873. The molecule has 0 spiro atoms. The second-order valence-electron chi connectivity index (χ2n) is 3.67. The number of carbonyl (C=O) groups is 1. The predicted molar refractivity (Wildman–Crippen MR) is 67.1 cm³/mol. The second-order valence-corrected chi connectivity index (χ2v) is 4.75. The highest BCUT2D eigenvalue weighted by Gasteiger charge is 2.16. The molecule has 0 unspecified atom stereocenters. The normalized spacial score (nSPS) is 10.5. The van der Waals surface area contributed by atoms with Gasteiger partial charge in [-0.15, -0.1) is 11.3 Å². The van der Waals surface area contributed by atoms with Crippen LogP contribution in [-0.2, 0) is 6.54 Å². The molecule has 2 aromatic rings. The topological polar surface area (TPSA) is 76.2 Å². The Labute approximate surface area is 103 Å². The molecule has 0 radical (unpaired) electrons. The summed E-state index contributed by atoms with van der Waals surface area (Å²) < 4.78 is 0. The van der Waals surface area contributed by atoms with Crippen LogP contribution in [0.1, 0.15) is 20.9 Å². The van der Waals surface area contributed by atoms with Crippen LogP contribution in [0.3, 0.4) is 0 Å². The van der Waals surface area contributed by atoms with Crippen LogP contribution in [0.5, 0.6) is 0 Å². The third-order valence-electron chi connectivity index (χ3n) is 2.35. The Bertz CT molecular complexity index is 563. The van der Waals surface area contributed by atoms with Crippen LogP contribution in [0.15, 0.2) is 24.3 Å². The highest BCUT2D eigenvalue weighted by molar-refractivity contribution is 7.15. The highest BCUT2D eigenvalue weighted by Crippen LogP contribution is 2.28. The Kier molecular flexibility index (Phi) is 3.21. The zero-order valence-electron chi connectivity index (χ0n) is 9.30. The lowest BCUT2D eigenvalue weighted by Gasteiger charge is -1.96. The van der Waals surface area contributed by atoms with Crippen molar-refractivity contribution in [3.8, 4) is 10.6 Å². The van der Waals surface area contributed by atoms with Crippen molar-refractivity contribution < 1.29 is 9.90 Å². The van der Waals surface area contributed by atoms with E-state index in [9.17, 15) is 4.79 Å². The van der Waals surface area contributed by atoms with Crippen molar-refractivity contribution in [1.29, 1.82) is 0 Å². The second kappa shape index (κ2) is 4.65. The van der Waals surface area contributed by atoms with Gasteiger partial charge >= 0.3 is 5.97 Å². The molecule has 1 aromatic carbocycles. The first-order valence-corrected chi connectivity index (χ1v) is 5.93. The molecule has 2 rings (SSSR count). The van der Waals surface area contributed by atoms with E-state index in [1.165, 1.54) is 11.3 Å². The molecule has 4 nitrogen and oxygen atoms in total. The molecule has 0 atom stereocenters. The van der Waals surface area contributed by atoms with E-state index in [1.807, 2.05) is 31.2 Å². The summed E-state index contributed by atoms with van der Waals surface area (Å²) in [6.45, 7) is 2.18. The van der Waals surface area contributed by atoms with Gasteiger partial charge in [-0.25, -0.2) is 9.78 Å². The molecule has 88 valence electrons. The highest BCUT2D eigenvalue weighted by atomic mass is 32.1. The zero-order chi connectivity index (χ0) is 12.4. The lowest BCUT2D eigenvalue weighted by Crippen LogP contribution is -2.04. The van der Waals surface area contributed by atoms with Gasteiger partial charge in [0.2, 0.25) is 0 Å². The first kappa shape index (κ1) is 11.8. The third-order valence-corrected chi connectivity index (χ3v) is 3.48. The largest absolute Gasteiger partial charge is 0.476 e. The van der Waals surface area contributed by atoms with Crippen LogP contribution >= 0.6 is 11.3 Å². The molecule has 0 aliphatic rings. The van der Waals surface area contributed by atoms with Crippen LogP contribution in [0.4, 0.5) is 0 Å². The molecular weight excluding hydrogens is 236 g/mol. The number of aromatic carboxylic acids is 1. The molecule has 1 aromatic heterocycles. The minimum absolute atomic E-state index is 0.0639. The first-order chi connectivity index (χ1) is 8.11. The van der Waals surface area contributed by atoms with Crippen molar-refractivity contribution in [3.05, 3.63) is 40.4 Å². The summed E-state index contributed by atoms with van der Waals surface area (Å²) in [5.74, 6) is -1.03. The Balaban J connectivity index is 2.50. The van der Waals surface area contributed by atoms with Gasteiger partial charge in [-0.1, -0.05) is 23.8 Å². The molecule has 0 fully saturated rings. The summed E-state index contributed by atoms with van der Waals surface area (Å²) in [5, 5.41) is 9.70. The number of aryl methyl sites for hydroxylation is 1. The summed E-state index contributed by atoms with van der Waals surface area (Å²) in [5.41, 5.74) is 7.62. The minimum Gasteiger partial charge on any atom is -0.476 e. The van der Waals surface area contributed by atoms with E-state index in [0.717, 1.165) is 11.1 Å². The molecule has 0 aliphatic heterocycles. The van der Waals surface area contributed by atoms with E-state index >= 15 is 0 Å². The Morgan fingerprint density at radius 1 is 1.53 bits per heavy atom. The lowest BCUT2D eigenvalue weighted by atomic mass is 10.1. The summed E-state index contributed by atoms with van der Waals surface area (Å²) in [6, 6.07) is 7.80. The van der Waals surface area contributed by atoms with Gasteiger partial charge in [0.25, 0.3) is 0 Å². The molecule has 0 saturated heterocycles. The maximum absolute atomic E-state index is 11.0. The van der Waals surface area contributed by atoms with E-state index in [0.29, 0.717) is 9.88 Å². The fourth-order valence-corrected chi connectivity index (χ4v) is 2.49. The van der Waals surface area contributed by atoms with E-state index in [4.69, 9.17) is 10.8 Å². The molecule has 3 N–H and O–H groups in total. The van der Waals surface area contributed by atoms with Crippen molar-refractivity contribution >= 4 is 17.3 Å². The average molecular weight is 248 g/mol. The van der Waals surface area contributed by atoms with Crippen molar-refractivity contribution in [2.75, 3.05) is 0 Å². The monoisotopic (exact) mass is 248 g/mol. The number of carboxylic acids is 1. The third kappa shape index (κ3) is 2.35. The number of carboxylic acid groups (broad SMARTS) is 1. The van der Waals surface area contributed by atoms with Gasteiger partial charge < -0.3 is 10.8 Å². The molecular formula is C12H12N2O2S. The Morgan fingerprint density at radius 3 is 2.82 bits per heavy atom. The van der Waals surface area contributed by atoms with Gasteiger partial charge in [0.1, 0.15) is 5.01 Å². The predicted octanol–water partition coefficient (Wildman–Crippen LogP) is 2.28. The molecule has 0 saturated carbocycles. The van der Waals surface area contributed by atoms with Gasteiger partial charge in [0, 0.05) is 12.1 Å². The van der Waals surface area contributed by atoms with E-state index < -0.39 is 5.97 Å². The maximum atomic E-state index is 11.0. The molecule has 0 amide bonds. The van der Waals surface area contributed by atoms with Gasteiger partial charge in [-0.3, -0.25) is 0 Å². The Hall–Kier alpha value is -1.72. The van der Waals surface area contributed by atoms with Crippen molar-refractivity contribution in [2.24, 2.45) is 5.73 Å². The number of aromatic nitrogens is 1. The fourth-order valence-electron chi connectivity index (χ4n) is 1.56. The summed E-state index contributed by atoms with van der Waals surface area (Å²) >= 11 is 1.33. The molecule has 0 bridgehead atoms. The molecule has 5 heteroatoms. The smallest absolute Gasteiger partial charge is 0.355 e. The summed E-state index contributed by atoms with van der Waals surface area (Å²) in [7, 11) is 0.